The molecule has 0 amide bonds. The van der Waals surface area contributed by atoms with Crippen molar-refractivity contribution >= 4 is 0 Å². The van der Waals surface area contributed by atoms with Gasteiger partial charge in [0, 0.05) is 5.41 Å². The summed E-state index contributed by atoms with van der Waals surface area (Å²) in [5, 5.41) is 0. The van der Waals surface area contributed by atoms with Gasteiger partial charge in [-0.3, -0.25) is 0 Å². The summed E-state index contributed by atoms with van der Waals surface area (Å²) >= 11 is 0. The normalized spacial score (nSPS) is 33.2. The van der Waals surface area contributed by atoms with Crippen molar-refractivity contribution in [2.45, 2.75) is 58.4 Å². The number of fused-ring (bicyclic) bond motifs is 1. The topological polar surface area (TPSA) is 36.9 Å². The zero-order valence-corrected chi connectivity index (χ0v) is 13.9. The summed E-state index contributed by atoms with van der Waals surface area (Å²) in [4.78, 5) is 0. The van der Waals surface area contributed by atoms with Crippen LogP contribution in [0.3, 0.4) is 0 Å². The Kier molecular flexibility index (Phi) is 4.29. The molecule has 1 aromatic rings. The van der Waals surface area contributed by atoms with Crippen LogP contribution in [0.4, 0.5) is 0 Å². The molecule has 0 bridgehead atoms. The van der Waals surface area contributed by atoms with Crippen molar-refractivity contribution in [3.63, 3.8) is 0 Å². The van der Waals surface area contributed by atoms with E-state index in [0.717, 1.165) is 5.56 Å². The van der Waals surface area contributed by atoms with Crippen molar-refractivity contribution in [3.05, 3.63) is 35.9 Å². The van der Waals surface area contributed by atoms with Crippen LogP contribution in [0.5, 0.6) is 0 Å². The molecule has 0 aromatic heterocycles. The summed E-state index contributed by atoms with van der Waals surface area (Å²) in [6, 6.07) is 10.2. The van der Waals surface area contributed by atoms with Crippen LogP contribution in [0, 0.1) is 5.41 Å². The second kappa shape index (κ2) is 5.93. The first-order chi connectivity index (χ1) is 10.4. The fraction of sp³-hybridized carbons (Fsp3) is 0.667. The van der Waals surface area contributed by atoms with Crippen LogP contribution >= 0.6 is 0 Å². The van der Waals surface area contributed by atoms with Gasteiger partial charge in [-0.2, -0.15) is 0 Å². The van der Waals surface area contributed by atoms with E-state index >= 15 is 0 Å². The fourth-order valence-electron chi connectivity index (χ4n) is 3.29. The second-order valence-corrected chi connectivity index (χ2v) is 7.36. The number of rotatable bonds is 3. The van der Waals surface area contributed by atoms with Gasteiger partial charge in [0.05, 0.1) is 25.9 Å². The van der Waals surface area contributed by atoms with Gasteiger partial charge >= 0.3 is 0 Å². The zero-order chi connectivity index (χ0) is 15.8. The minimum absolute atomic E-state index is 0.0676. The predicted octanol–water partition coefficient (Wildman–Crippen LogP) is 3.15. The maximum atomic E-state index is 6.29. The van der Waals surface area contributed by atoms with Crippen LogP contribution in [-0.2, 0) is 25.6 Å². The first kappa shape index (κ1) is 15.9. The van der Waals surface area contributed by atoms with Crippen LogP contribution in [0.25, 0.3) is 0 Å². The zero-order valence-electron chi connectivity index (χ0n) is 13.9. The lowest BCUT2D eigenvalue weighted by Gasteiger charge is -2.36. The number of ether oxygens (including phenoxy) is 4. The highest BCUT2D eigenvalue weighted by molar-refractivity contribution is 5.13. The molecule has 0 N–H and O–H groups in total. The average Bonchev–Trinajstić information content (AvgIpc) is 2.69. The Morgan fingerprint density at radius 2 is 1.82 bits per heavy atom. The van der Waals surface area contributed by atoms with Gasteiger partial charge in [0.15, 0.2) is 5.79 Å². The fourth-order valence-corrected chi connectivity index (χ4v) is 3.29. The molecule has 2 aliphatic heterocycles. The van der Waals surface area contributed by atoms with Gasteiger partial charge in [-0.1, -0.05) is 44.2 Å². The maximum absolute atomic E-state index is 6.29. The molecule has 0 spiro atoms. The Balaban J connectivity index is 1.77. The smallest absolute Gasteiger partial charge is 0.164 e. The number of hydrogen-bond acceptors (Lipinski definition) is 4. The average molecular weight is 306 g/mol. The number of benzene rings is 1. The first-order valence-corrected chi connectivity index (χ1v) is 7.96. The Morgan fingerprint density at radius 3 is 2.55 bits per heavy atom. The van der Waals surface area contributed by atoms with Crippen LogP contribution < -0.4 is 0 Å². The highest BCUT2D eigenvalue weighted by Crippen LogP contribution is 2.40. The molecule has 4 heteroatoms. The molecule has 2 heterocycles. The van der Waals surface area contributed by atoms with Gasteiger partial charge in [-0.15, -0.1) is 0 Å². The van der Waals surface area contributed by atoms with Crippen molar-refractivity contribution in [2.24, 2.45) is 5.41 Å². The maximum Gasteiger partial charge on any atom is 0.164 e. The molecule has 0 saturated carbocycles. The molecule has 0 radical (unpaired) electrons. The van der Waals surface area contributed by atoms with E-state index in [1.165, 1.54) is 0 Å². The monoisotopic (exact) mass is 306 g/mol. The molecule has 1 aromatic carbocycles. The third kappa shape index (κ3) is 3.35. The van der Waals surface area contributed by atoms with Gasteiger partial charge < -0.3 is 18.9 Å². The second-order valence-electron chi connectivity index (χ2n) is 7.36. The molecule has 0 aliphatic carbocycles. The van der Waals surface area contributed by atoms with Gasteiger partial charge in [0.1, 0.15) is 12.2 Å². The summed E-state index contributed by atoms with van der Waals surface area (Å²) in [6.45, 7) is 10.0. The Morgan fingerprint density at radius 1 is 1.09 bits per heavy atom. The van der Waals surface area contributed by atoms with Gasteiger partial charge in [-0.05, 0) is 19.4 Å². The molecule has 2 saturated heterocycles. The van der Waals surface area contributed by atoms with E-state index in [-0.39, 0.29) is 23.7 Å². The van der Waals surface area contributed by atoms with Crippen LogP contribution in [0.2, 0.25) is 0 Å². The molecule has 0 unspecified atom stereocenters. The lowest BCUT2D eigenvalue weighted by atomic mass is 9.83. The minimum atomic E-state index is -0.583. The summed E-state index contributed by atoms with van der Waals surface area (Å²) < 4.78 is 24.2. The van der Waals surface area contributed by atoms with Crippen molar-refractivity contribution in [1.82, 2.24) is 0 Å². The van der Waals surface area contributed by atoms with Crippen molar-refractivity contribution < 1.29 is 18.9 Å². The highest BCUT2D eigenvalue weighted by atomic mass is 16.8. The van der Waals surface area contributed by atoms with E-state index < -0.39 is 5.79 Å². The quantitative estimate of drug-likeness (QED) is 0.859. The summed E-state index contributed by atoms with van der Waals surface area (Å²) in [5.74, 6) is -0.583. The molecule has 2 fully saturated rings. The van der Waals surface area contributed by atoms with Crippen molar-refractivity contribution in [3.8, 4) is 0 Å². The molecule has 2 aliphatic rings. The third-order valence-corrected chi connectivity index (χ3v) is 4.32. The summed E-state index contributed by atoms with van der Waals surface area (Å²) in [6.07, 6.45) is -0.240. The molecule has 22 heavy (non-hydrogen) atoms. The third-order valence-electron chi connectivity index (χ3n) is 4.32. The lowest BCUT2D eigenvalue weighted by molar-refractivity contribution is -0.183. The molecular weight excluding hydrogens is 280 g/mol. The van der Waals surface area contributed by atoms with Gasteiger partial charge in [-0.25, -0.2) is 0 Å². The summed E-state index contributed by atoms with van der Waals surface area (Å²) in [5.41, 5.74) is 1.04. The van der Waals surface area contributed by atoms with E-state index in [1.807, 2.05) is 32.0 Å². The molecule has 4 nitrogen and oxygen atoms in total. The Hall–Kier alpha value is -0.940. The Labute approximate surface area is 132 Å². The van der Waals surface area contributed by atoms with E-state index in [4.69, 9.17) is 18.9 Å². The standard InChI is InChI=1S/C18H26O4/c1-17(2)12-19-11-14-15(22-18(3,4)21-14)16(17)20-10-13-8-6-5-7-9-13/h5-9,14-16H,10-12H2,1-4H3/t14-,15-,16+/m1/s1. The molecule has 3 rings (SSSR count). The molecule has 122 valence electrons. The van der Waals surface area contributed by atoms with Gasteiger partial charge in [0.2, 0.25) is 0 Å². The van der Waals surface area contributed by atoms with Crippen LogP contribution in [0.15, 0.2) is 30.3 Å². The summed E-state index contributed by atoms with van der Waals surface area (Å²) in [7, 11) is 0. The molecule has 3 atom stereocenters. The lowest BCUT2D eigenvalue weighted by Crippen LogP contribution is -2.46. The first-order valence-electron chi connectivity index (χ1n) is 7.96. The largest absolute Gasteiger partial charge is 0.378 e. The van der Waals surface area contributed by atoms with Gasteiger partial charge in [0.25, 0.3) is 0 Å². The predicted molar refractivity (Wildman–Crippen MR) is 83.4 cm³/mol. The highest BCUT2D eigenvalue weighted by Gasteiger charge is 2.52. The van der Waals surface area contributed by atoms with Crippen LogP contribution in [0.1, 0.15) is 33.3 Å². The minimum Gasteiger partial charge on any atom is -0.378 e. The van der Waals surface area contributed by atoms with E-state index in [1.54, 1.807) is 0 Å². The van der Waals surface area contributed by atoms with E-state index in [0.29, 0.717) is 19.8 Å². The number of hydrogen-bond donors (Lipinski definition) is 0. The van der Waals surface area contributed by atoms with Crippen molar-refractivity contribution in [2.75, 3.05) is 13.2 Å². The van der Waals surface area contributed by atoms with E-state index in [2.05, 4.69) is 26.0 Å². The van der Waals surface area contributed by atoms with Crippen molar-refractivity contribution in [1.29, 1.82) is 0 Å². The molecular formula is C18H26O4. The Bertz CT molecular complexity index is 497. The van der Waals surface area contributed by atoms with E-state index in [9.17, 15) is 0 Å². The van der Waals surface area contributed by atoms with Crippen LogP contribution in [-0.4, -0.2) is 37.3 Å². The SMILES string of the molecule is CC1(C)O[C@@H]2[C@@H](COCC(C)(C)[C@H]2OCc2ccccc2)O1.